The summed E-state index contributed by atoms with van der Waals surface area (Å²) in [6, 6.07) is -0.745. The van der Waals surface area contributed by atoms with Gasteiger partial charge in [0.2, 0.25) is 10.0 Å². The number of fused-ring (bicyclic) bond motifs is 2. The molecule has 0 bridgehead atoms. The number of aliphatic imine (C=N–C) groups is 1. The molecule has 1 saturated heterocycles. The lowest BCUT2D eigenvalue weighted by Crippen LogP contribution is -2.49. The molecule has 2 aliphatic carbocycles. The van der Waals surface area contributed by atoms with Crippen LogP contribution < -0.4 is 15.1 Å². The molecule has 6 rings (SSSR count). The van der Waals surface area contributed by atoms with Crippen LogP contribution in [-0.4, -0.2) is 101 Å². The van der Waals surface area contributed by atoms with Crippen LogP contribution in [0, 0.1) is 16.6 Å². The zero-order chi connectivity index (χ0) is 40.0. The number of alkyl halides is 1. The first-order valence-corrected chi connectivity index (χ1v) is 20.4. The van der Waals surface area contributed by atoms with Gasteiger partial charge in [-0.2, -0.15) is 0 Å². The van der Waals surface area contributed by atoms with Gasteiger partial charge in [0.15, 0.2) is 12.3 Å². The number of alkyl carbamates (subject to hydrolysis) is 1. The Morgan fingerprint density at radius 2 is 1.82 bits per heavy atom. The third-order valence-electron chi connectivity index (χ3n) is 10.6. The lowest BCUT2D eigenvalue weighted by atomic mass is 9.92. The van der Waals surface area contributed by atoms with Crippen molar-refractivity contribution in [3.63, 3.8) is 0 Å². The number of rotatable bonds is 7. The van der Waals surface area contributed by atoms with Crippen molar-refractivity contribution >= 4 is 57.6 Å². The number of ether oxygens (including phenoxy) is 1. The van der Waals surface area contributed by atoms with Gasteiger partial charge in [-0.1, -0.05) is 12.1 Å². The van der Waals surface area contributed by atoms with Crippen LogP contribution >= 0.6 is 11.6 Å². The van der Waals surface area contributed by atoms with Crippen LogP contribution in [0.1, 0.15) is 112 Å². The summed E-state index contributed by atoms with van der Waals surface area (Å²) >= 11 is 5.96. The van der Waals surface area contributed by atoms with Gasteiger partial charge in [0.1, 0.15) is 23.6 Å². The lowest BCUT2D eigenvalue weighted by Gasteiger charge is -2.32. The number of Topliss-reactive ketones (excluding diaryl/α,β-unsaturated/α-hetero) is 1. The second kappa shape index (κ2) is 15.7. The highest BCUT2D eigenvalue weighted by Crippen LogP contribution is 2.42. The van der Waals surface area contributed by atoms with Gasteiger partial charge in [-0.25, -0.2) is 17.6 Å². The van der Waals surface area contributed by atoms with E-state index >= 15 is 4.39 Å². The van der Waals surface area contributed by atoms with Crippen LogP contribution in [-0.2, 0) is 24.3 Å². The quantitative estimate of drug-likeness (QED) is 0.302. The van der Waals surface area contributed by atoms with Crippen molar-refractivity contribution in [2.24, 2.45) is 10.9 Å². The van der Waals surface area contributed by atoms with Crippen LogP contribution in [0.5, 0.6) is 0 Å². The Morgan fingerprint density at radius 3 is 2.47 bits per heavy atom. The Hall–Kier alpha value is -4.29. The second-order valence-corrected chi connectivity index (χ2v) is 17.8. The molecule has 0 radical (unpaired) electrons. The number of benzene rings is 1. The van der Waals surface area contributed by atoms with Gasteiger partial charge in [-0.05, 0) is 71.4 Å². The van der Waals surface area contributed by atoms with Crippen LogP contribution in [0.4, 0.5) is 14.0 Å². The molecule has 0 spiro atoms. The summed E-state index contributed by atoms with van der Waals surface area (Å²) in [6.07, 6.45) is 0.843. The fourth-order valence-corrected chi connectivity index (χ4v) is 9.12. The highest BCUT2D eigenvalue weighted by molar-refractivity contribution is 7.90. The minimum atomic E-state index is -4.16. The normalized spacial score (nSPS) is 26.3. The highest BCUT2D eigenvalue weighted by atomic mass is 35.5. The number of amides is 4. The standard InChI is InChI=1S/C36H44ClFN6O10S/c1-36(2,3)54-34(48)40-28-16-20(27(45)17-37)7-6-19-15-25(19)39-18-21-5-4-13-42(21)26(12-14-43(28)51)23-10-11-24-29(30(23)38)33(47)44(35(49)50)31(24)32(46)41-55(52,53)22-8-9-22/h10-11,18,20-22,26,28,31H,4-9,12-17H2,1-3H3,(H2-,40,41,46,48,49,50)/t20?,21-,26+,28-,31+/m0/s1. The molecule has 298 valence electrons. The molecule has 4 amide bonds. The molecule has 1 unspecified atom stereocenters. The van der Waals surface area contributed by atoms with Crippen LogP contribution in [0.3, 0.4) is 0 Å². The summed E-state index contributed by atoms with van der Waals surface area (Å²) in [5.74, 6) is -5.16. The van der Waals surface area contributed by atoms with Gasteiger partial charge in [0.05, 0.1) is 16.7 Å². The number of allylic oxidation sites excluding steroid dienone is 2. The molecule has 2 N–H and O–H groups in total. The summed E-state index contributed by atoms with van der Waals surface area (Å²) in [5.41, 5.74) is -0.162. The molecule has 1 saturated carbocycles. The number of nitroso groups, excluding NO2 is 1. The number of halogens is 2. The molecule has 1 aromatic carbocycles. The summed E-state index contributed by atoms with van der Waals surface area (Å²) < 4.78 is 49.9. The summed E-state index contributed by atoms with van der Waals surface area (Å²) in [6.45, 7) is 5.11. The fourth-order valence-electron chi connectivity index (χ4n) is 7.59. The van der Waals surface area contributed by atoms with Crippen molar-refractivity contribution < 1.29 is 51.4 Å². The molecule has 16 nitrogen and oxygen atoms in total. The van der Waals surface area contributed by atoms with Crippen LogP contribution in [0.25, 0.3) is 0 Å². The minimum Gasteiger partial charge on any atom is -0.530 e. The predicted octanol–water partition coefficient (Wildman–Crippen LogP) is 3.14. The van der Waals surface area contributed by atoms with Gasteiger partial charge >= 0.3 is 6.09 Å². The number of carbonyl (C=O) groups excluding carboxylic acids is 5. The highest BCUT2D eigenvalue weighted by Gasteiger charge is 2.48. The van der Waals surface area contributed by atoms with Gasteiger partial charge in [0, 0.05) is 70.0 Å². The van der Waals surface area contributed by atoms with Gasteiger partial charge < -0.3 is 14.6 Å². The molecule has 5 atom stereocenters. The molecule has 1 aromatic rings. The SMILES string of the molecule is CC(C)(C)OC(=O)N[C@@H]1CC(C(=O)CCl)CCC2=C(C2)N=C[C@@H]2CCCN2[C@@H](c2ccc3c(c2F)C(=O)N(C(=O)[O-])[C@H]3C(=O)NS(=O)(=O)C2CC2)CC[N+]1=O. The van der Waals surface area contributed by atoms with E-state index in [9.17, 15) is 42.4 Å². The Balaban J connectivity index is 1.37. The van der Waals surface area contributed by atoms with E-state index in [0.717, 1.165) is 11.3 Å². The number of hydrogen-bond donors (Lipinski definition) is 2. The number of hydrogen-bond acceptors (Lipinski definition) is 12. The van der Waals surface area contributed by atoms with Gasteiger partial charge in [0.25, 0.3) is 18.0 Å². The van der Waals surface area contributed by atoms with Gasteiger partial charge in [-0.3, -0.25) is 39.2 Å². The molecule has 2 fully saturated rings. The van der Waals surface area contributed by atoms with Gasteiger partial charge in [-0.15, -0.1) is 11.6 Å². The number of carbonyl (C=O) groups is 5. The van der Waals surface area contributed by atoms with E-state index in [-0.39, 0.29) is 53.1 Å². The number of nitrogens with one attached hydrogen (secondary N) is 2. The summed E-state index contributed by atoms with van der Waals surface area (Å²) in [4.78, 5) is 85.6. The summed E-state index contributed by atoms with van der Waals surface area (Å²) in [5, 5.41) is 13.9. The Morgan fingerprint density at radius 1 is 1.11 bits per heavy atom. The maximum Gasteiger partial charge on any atom is 0.412 e. The first-order valence-electron chi connectivity index (χ1n) is 18.3. The van der Waals surface area contributed by atoms with E-state index in [1.54, 1.807) is 27.0 Å². The first kappa shape index (κ1) is 40.4. The average molecular weight is 807 g/mol. The van der Waals surface area contributed by atoms with E-state index < -0.39 is 80.4 Å². The van der Waals surface area contributed by atoms with E-state index in [4.69, 9.17) is 21.3 Å². The maximum atomic E-state index is 16.9. The molecule has 55 heavy (non-hydrogen) atoms. The molecule has 19 heteroatoms. The van der Waals surface area contributed by atoms with E-state index in [1.807, 2.05) is 9.62 Å². The van der Waals surface area contributed by atoms with E-state index in [0.29, 0.717) is 56.3 Å². The lowest BCUT2D eigenvalue weighted by molar-refractivity contribution is -0.593. The summed E-state index contributed by atoms with van der Waals surface area (Å²) in [7, 11) is -4.16. The zero-order valence-corrected chi connectivity index (χ0v) is 32.3. The average Bonchev–Trinajstić information content (AvgIpc) is 4.02. The fraction of sp³-hybridized carbons (Fsp3) is 0.611. The van der Waals surface area contributed by atoms with Crippen molar-refractivity contribution in [1.29, 1.82) is 0 Å². The van der Waals surface area contributed by atoms with E-state index in [2.05, 4.69) is 5.32 Å². The Kier molecular flexibility index (Phi) is 11.5. The van der Waals surface area contributed by atoms with Crippen molar-refractivity contribution in [2.45, 2.75) is 114 Å². The minimum absolute atomic E-state index is 0.00285. The van der Waals surface area contributed by atoms with Crippen LogP contribution in [0.15, 0.2) is 28.4 Å². The molecular weight excluding hydrogens is 763 g/mol. The number of ketones is 1. The Bertz CT molecular complexity index is 1980. The number of sulfonamides is 1. The topological polar surface area (TPSA) is 215 Å². The number of imide groups is 1. The smallest absolute Gasteiger partial charge is 0.412 e. The van der Waals surface area contributed by atoms with Crippen LogP contribution in [0.2, 0.25) is 0 Å². The molecule has 3 aliphatic heterocycles. The van der Waals surface area contributed by atoms with Crippen molar-refractivity contribution in [2.75, 3.05) is 19.0 Å². The Labute approximate surface area is 322 Å². The maximum absolute atomic E-state index is 16.9. The molecule has 0 aromatic heterocycles. The van der Waals surface area contributed by atoms with Crippen molar-refractivity contribution in [3.8, 4) is 0 Å². The second-order valence-electron chi connectivity index (χ2n) is 15.6. The van der Waals surface area contributed by atoms with Crippen molar-refractivity contribution in [1.82, 2.24) is 19.8 Å². The monoisotopic (exact) mass is 806 g/mol. The number of nitrogens with zero attached hydrogens (tertiary/aromatic N) is 4. The third-order valence-corrected chi connectivity index (χ3v) is 12.7. The molecule has 5 aliphatic rings. The zero-order valence-electron chi connectivity index (χ0n) is 30.7. The molecule has 3 heterocycles. The third kappa shape index (κ3) is 8.91. The molecular formula is C36H44ClFN6O10S. The number of carboxylic acid groups (broad SMARTS) is 1. The predicted molar refractivity (Wildman–Crippen MR) is 193 cm³/mol. The van der Waals surface area contributed by atoms with E-state index in [1.165, 1.54) is 12.1 Å². The van der Waals surface area contributed by atoms with Crippen molar-refractivity contribution in [3.05, 3.63) is 50.8 Å². The largest absolute Gasteiger partial charge is 0.530 e. The first-order chi connectivity index (χ1) is 25.9.